The van der Waals surface area contributed by atoms with E-state index >= 15 is 0 Å². The molecule has 43 nitrogen and oxygen atoms in total. The number of nitrogens with one attached hydrogen (secondary N) is 6. The number of hydrogen-bond acceptors (Lipinski definition) is 36. The second-order valence-corrected chi connectivity index (χ2v) is 32.3. The van der Waals surface area contributed by atoms with Crippen LogP contribution in [0.5, 0.6) is 5.75 Å². The van der Waals surface area contributed by atoms with Gasteiger partial charge in [-0.3, -0.25) is 81.5 Å². The Labute approximate surface area is 777 Å². The minimum absolute atomic E-state index is 0.0421. The highest BCUT2D eigenvalue weighted by atomic mass is 19.2. The van der Waals surface area contributed by atoms with Gasteiger partial charge in [-0.05, 0) is 44.9 Å². The zero-order chi connectivity index (χ0) is 100.0. The number of rotatable bonds is 58. The molecule has 1 aromatic carbocycles. The number of unbranched alkanes of at least 4 members (excludes halogenated alkanes) is 9. The molecule has 48 heteroatoms. The van der Waals surface area contributed by atoms with Crippen LogP contribution in [0, 0.1) is 40.9 Å². The highest BCUT2D eigenvalue weighted by molar-refractivity contribution is 5.80. The maximum Gasteiger partial charge on any atom is 0.311 e. The number of carbonyl (C=O) groups is 17. The average Bonchev–Trinajstić information content (AvgIpc) is 0.810. The molecule has 6 N–H and O–H groups in total. The number of piperidine rings is 1. The Morgan fingerprint density at radius 3 is 0.911 bits per heavy atom. The third-order valence-corrected chi connectivity index (χ3v) is 20.8. The van der Waals surface area contributed by atoms with E-state index in [0.717, 1.165) is 62.3 Å². The topological polar surface area (TPSA) is 541 Å². The fraction of sp³-hybridized carbons (Fsp3) is 0.736. The Bertz CT molecular complexity index is 3930. The van der Waals surface area contributed by atoms with Crippen LogP contribution in [0.1, 0.15) is 199 Å². The fourth-order valence-corrected chi connectivity index (χ4v) is 15.1. The van der Waals surface area contributed by atoms with Gasteiger partial charge >= 0.3 is 59.7 Å². The van der Waals surface area contributed by atoms with E-state index in [2.05, 4.69) is 36.6 Å². The van der Waals surface area contributed by atoms with Crippen molar-refractivity contribution in [1.82, 2.24) is 36.8 Å². The van der Waals surface area contributed by atoms with E-state index in [0.29, 0.717) is 77.0 Å². The number of esters is 10. The number of nitrogens with zero attached hydrogens (tertiary/aromatic N) is 1. The largest absolute Gasteiger partial charge is 0.463 e. The molecule has 7 amide bonds. The lowest BCUT2D eigenvalue weighted by Gasteiger charge is -2.44. The maximum absolute atomic E-state index is 14.5. The summed E-state index contributed by atoms with van der Waals surface area (Å²) in [7, 11) is 0. The predicted octanol–water partition coefficient (Wildman–Crippen LogP) is 3.17. The zero-order valence-electron chi connectivity index (χ0n) is 78.0. The van der Waals surface area contributed by atoms with Gasteiger partial charge in [-0.25, -0.2) is 13.2 Å². The standard InChI is InChI=1S/C87H128F5N7O36/c1-47(100)96-74-82(129-56(10)109)78(126-53(7)106)61(44-123-50(4)103)132-85(74)120-34-22-16-13-19-31-93-64(112)28-37-117-42-59-40-99(67(115)26-25-27-68(116)135-81-72(91)70(89)69(88)71(90)73(81)92)41-60(43-118-38-29-65(113)94-32-20-14-17-23-35-121-86-75(97-48(2)101)83(130-57(11)110)79(127-54(8)107)62(133-86)45-124-51(5)104)77(59)119-39-30-66(114)95-33-21-15-18-24-36-122-87-76(98-49(3)102)84(131-58(12)111)80(128-55(9)108)63(134-87)46-125-52(6)105/h59-63,74-80,82-87H,13-46H2,1-12H3,(H,93,112)(H,94,113)(H,95,114)(H,96,100)(H,97,101)(H,98,102). The summed E-state index contributed by atoms with van der Waals surface area (Å²) >= 11 is 0. The van der Waals surface area contributed by atoms with E-state index in [-0.39, 0.29) is 111 Å². The van der Waals surface area contributed by atoms with Crippen LogP contribution < -0.4 is 36.6 Å². The number of amides is 7. The van der Waals surface area contributed by atoms with Crippen LogP contribution in [0.4, 0.5) is 22.0 Å². The van der Waals surface area contributed by atoms with Crippen molar-refractivity contribution in [2.45, 2.75) is 297 Å². The van der Waals surface area contributed by atoms with Crippen LogP contribution >= 0.6 is 0 Å². The van der Waals surface area contributed by atoms with E-state index in [1.165, 1.54) is 25.7 Å². The summed E-state index contributed by atoms with van der Waals surface area (Å²) in [5.74, 6) is -27.0. The number of halogens is 5. The van der Waals surface area contributed by atoms with Crippen LogP contribution in [-0.2, 0) is 167 Å². The van der Waals surface area contributed by atoms with E-state index < -0.39 is 278 Å². The van der Waals surface area contributed by atoms with Gasteiger partial charge in [0, 0.05) is 180 Å². The smallest absolute Gasteiger partial charge is 0.311 e. The van der Waals surface area contributed by atoms with Crippen LogP contribution in [0.2, 0.25) is 0 Å². The Morgan fingerprint density at radius 2 is 0.607 bits per heavy atom. The van der Waals surface area contributed by atoms with E-state index in [1.54, 1.807) is 0 Å². The Balaban J connectivity index is 1.25. The molecule has 4 aliphatic rings. The lowest BCUT2D eigenvalue weighted by Crippen LogP contribution is -2.66. The summed E-state index contributed by atoms with van der Waals surface area (Å²) in [4.78, 5) is 215. The van der Waals surface area contributed by atoms with Crippen molar-refractivity contribution in [2.75, 3.05) is 105 Å². The molecule has 0 spiro atoms. The zero-order valence-corrected chi connectivity index (χ0v) is 78.0. The van der Waals surface area contributed by atoms with Gasteiger partial charge in [0.05, 0.1) is 39.1 Å². The van der Waals surface area contributed by atoms with Gasteiger partial charge in [-0.2, -0.15) is 8.78 Å². The van der Waals surface area contributed by atoms with Crippen molar-refractivity contribution < 1.29 is 193 Å². The molecular formula is C87H128F5N7O36. The molecule has 0 aliphatic carbocycles. The average molecular weight is 1940 g/mol. The molecule has 0 saturated carbocycles. The molecule has 4 saturated heterocycles. The summed E-state index contributed by atoms with van der Waals surface area (Å²) < 4.78 is 179. The van der Waals surface area contributed by atoms with Gasteiger partial charge in [-0.15, -0.1) is 0 Å². The molecular weight excluding hydrogens is 1810 g/mol. The van der Waals surface area contributed by atoms with Gasteiger partial charge in [0.2, 0.25) is 76.2 Å². The summed E-state index contributed by atoms with van der Waals surface area (Å²) in [5.41, 5.74) is 0. The van der Waals surface area contributed by atoms with Gasteiger partial charge in [0.15, 0.2) is 55.5 Å². The lowest BCUT2D eigenvalue weighted by atomic mass is 9.86. The molecule has 4 heterocycles. The fourth-order valence-electron chi connectivity index (χ4n) is 15.1. The molecule has 17 atom stereocenters. The van der Waals surface area contributed by atoms with Crippen molar-refractivity contribution in [1.29, 1.82) is 0 Å². The van der Waals surface area contributed by atoms with E-state index in [4.69, 9.17) is 85.3 Å². The normalized spacial score (nSPS) is 23.6. The number of hydrogen-bond donors (Lipinski definition) is 6. The summed E-state index contributed by atoms with van der Waals surface area (Å²) in [6, 6.07) is -3.52. The molecule has 135 heavy (non-hydrogen) atoms. The Morgan fingerprint density at radius 1 is 0.311 bits per heavy atom. The van der Waals surface area contributed by atoms with Crippen molar-refractivity contribution in [2.24, 2.45) is 11.8 Å². The second kappa shape index (κ2) is 60.9. The van der Waals surface area contributed by atoms with E-state index in [1.807, 2.05) is 0 Å². The predicted molar refractivity (Wildman–Crippen MR) is 449 cm³/mol. The highest BCUT2D eigenvalue weighted by Crippen LogP contribution is 2.35. The Kier molecular flexibility index (Phi) is 51.8. The third-order valence-electron chi connectivity index (χ3n) is 20.8. The van der Waals surface area contributed by atoms with Crippen molar-refractivity contribution in [3.05, 3.63) is 29.1 Å². The first-order valence-corrected chi connectivity index (χ1v) is 44.7. The third kappa shape index (κ3) is 42.3. The van der Waals surface area contributed by atoms with Gasteiger partial charge in [-0.1, -0.05) is 38.5 Å². The maximum atomic E-state index is 14.5. The van der Waals surface area contributed by atoms with Crippen LogP contribution in [0.25, 0.3) is 0 Å². The Hall–Kier alpha value is -10.5. The lowest BCUT2D eigenvalue weighted by molar-refractivity contribution is -0.277. The number of likely N-dealkylation sites (tertiary alicyclic amines) is 1. The monoisotopic (exact) mass is 1940 g/mol. The first-order chi connectivity index (χ1) is 64.0. The summed E-state index contributed by atoms with van der Waals surface area (Å²) in [5, 5.41) is 16.4. The quantitative estimate of drug-likeness (QED) is 0.0104. The van der Waals surface area contributed by atoms with Crippen LogP contribution in [0.3, 0.4) is 0 Å². The molecule has 1 aromatic rings. The molecule has 762 valence electrons. The van der Waals surface area contributed by atoms with Gasteiger partial charge < -0.3 is 127 Å². The van der Waals surface area contributed by atoms with Crippen molar-refractivity contribution in [3.8, 4) is 5.75 Å². The minimum Gasteiger partial charge on any atom is -0.463 e. The first kappa shape index (κ1) is 115. The van der Waals surface area contributed by atoms with Crippen molar-refractivity contribution >= 4 is 101 Å². The summed E-state index contributed by atoms with van der Waals surface area (Å²) in [6.07, 6.45) is -12.0. The first-order valence-electron chi connectivity index (χ1n) is 44.7. The van der Waals surface area contributed by atoms with Gasteiger partial charge in [0.25, 0.3) is 0 Å². The van der Waals surface area contributed by atoms with Crippen LogP contribution in [-0.4, -0.2) is 309 Å². The van der Waals surface area contributed by atoms with Crippen LogP contribution in [0.15, 0.2) is 0 Å². The SMILES string of the molecule is CC(=O)NC1C(OCCCCCCNC(=O)CCOCC2CN(C(=O)CCCC(=O)Oc3c(F)c(F)c(F)c(F)c3F)CC(COCCC(=O)NCCCCCCOC3OC(COC(C)=O)C(OC(C)=O)C(OC(C)=O)C3NC(C)=O)C2OCCC(=O)NCCCCCCOC2OC(COC(C)=O)C(OC(C)=O)C(OC(C)=O)C2NC(C)=O)OC(COC(C)=O)C(OC(C)=O)C1OC(C)=O. The summed E-state index contributed by atoms with van der Waals surface area (Å²) in [6.45, 7) is 12.1. The van der Waals surface area contributed by atoms with Gasteiger partial charge in [0.1, 0.15) is 56.3 Å². The molecule has 4 aliphatic heterocycles. The molecule has 0 aromatic heterocycles. The molecule has 0 radical (unpaired) electrons. The number of benzene rings is 1. The minimum atomic E-state index is -2.49. The number of ether oxygens (including phenoxy) is 19. The molecule has 4 fully saturated rings. The highest BCUT2D eigenvalue weighted by Gasteiger charge is 2.55. The van der Waals surface area contributed by atoms with E-state index in [9.17, 15) is 103 Å². The second-order valence-electron chi connectivity index (χ2n) is 32.3. The van der Waals surface area contributed by atoms with Crippen molar-refractivity contribution in [3.63, 3.8) is 0 Å². The molecule has 5 rings (SSSR count). The molecule has 17 unspecified atom stereocenters. The number of carbonyl (C=O) groups excluding carboxylic acids is 17. The molecule has 0 bridgehead atoms.